The van der Waals surface area contributed by atoms with Gasteiger partial charge < -0.3 is 0 Å². The second kappa shape index (κ2) is 4.61. The second-order valence-electron chi connectivity index (χ2n) is 2.62. The lowest BCUT2D eigenvalue weighted by Gasteiger charge is -2.02. The Labute approximate surface area is 88.8 Å². The fourth-order valence-corrected chi connectivity index (χ4v) is 1.99. The van der Waals surface area contributed by atoms with E-state index in [1.54, 1.807) is 9.47 Å². The van der Waals surface area contributed by atoms with E-state index in [0.717, 1.165) is 12.1 Å². The van der Waals surface area contributed by atoms with Crippen LogP contribution in [-0.4, -0.2) is 21.0 Å². The number of aldehydes is 2. The largest absolute Gasteiger partial charge is 0.299 e. The minimum Gasteiger partial charge on any atom is -0.298 e. The third kappa shape index (κ3) is 2.68. The number of carbonyl (C=O) groups is 2. The van der Waals surface area contributed by atoms with Crippen LogP contribution in [0.15, 0.2) is 23.1 Å². The van der Waals surface area contributed by atoms with Gasteiger partial charge in [0.05, 0.1) is 4.90 Å². The zero-order valence-electron chi connectivity index (χ0n) is 7.41. The summed E-state index contributed by atoms with van der Waals surface area (Å²) < 4.78 is 26.7. The van der Waals surface area contributed by atoms with Gasteiger partial charge in [0.25, 0.3) is 10.1 Å². The molecule has 0 aromatic heterocycles. The van der Waals surface area contributed by atoms with Gasteiger partial charge in [-0.3, -0.25) is 13.6 Å². The molecule has 80 valence electrons. The molecule has 0 fully saturated rings. The Morgan fingerprint density at radius 3 is 1.87 bits per heavy atom. The van der Waals surface area contributed by atoms with E-state index >= 15 is 0 Å². The highest BCUT2D eigenvalue weighted by Gasteiger charge is 2.14. The zero-order valence-corrected chi connectivity index (χ0v) is 9.38. The highest BCUT2D eigenvalue weighted by Crippen LogP contribution is 2.17. The van der Waals surface area contributed by atoms with Crippen molar-refractivity contribution in [3.05, 3.63) is 29.3 Å². The van der Waals surface area contributed by atoms with Crippen molar-refractivity contribution in [1.82, 2.24) is 0 Å². The highest BCUT2D eigenvalue weighted by molar-refractivity contribution is 7.88. The van der Waals surface area contributed by atoms with E-state index in [-0.39, 0.29) is 16.0 Å². The Morgan fingerprint density at radius 2 is 1.53 bits per heavy atom. The molecule has 0 spiro atoms. The van der Waals surface area contributed by atoms with Crippen LogP contribution in [0.5, 0.6) is 0 Å². The predicted molar refractivity (Wildman–Crippen MR) is 55.2 cm³/mol. The normalized spacial score (nSPS) is 11.0. The molecule has 0 heterocycles. The molecule has 5 nitrogen and oxygen atoms in total. The third-order valence-corrected chi connectivity index (χ3v) is 3.47. The van der Waals surface area contributed by atoms with Crippen molar-refractivity contribution in [3.63, 3.8) is 0 Å². The molecule has 0 aliphatic heterocycles. The summed E-state index contributed by atoms with van der Waals surface area (Å²) in [5, 5.41) is 0. The standard InChI is InChI=1S/C8H7O5PS/c9-4-6-1-7(5-10)3-8(2-6)15(11,12)13-14/h1-5H,14H2. The maximum Gasteiger partial charge on any atom is 0.299 e. The molecule has 0 radical (unpaired) electrons. The minimum atomic E-state index is -3.92. The Kier molecular flexibility index (Phi) is 3.68. The molecule has 1 unspecified atom stereocenters. The first-order chi connectivity index (χ1) is 7.03. The second-order valence-corrected chi connectivity index (χ2v) is 4.77. The lowest BCUT2D eigenvalue weighted by molar-refractivity contribution is 0.112. The summed E-state index contributed by atoms with van der Waals surface area (Å²) in [5.74, 6) is 0. The van der Waals surface area contributed by atoms with E-state index in [2.05, 4.69) is 3.97 Å². The van der Waals surface area contributed by atoms with Gasteiger partial charge in [-0.25, -0.2) is 0 Å². The first-order valence-electron chi connectivity index (χ1n) is 3.72. The molecule has 0 amide bonds. The predicted octanol–water partition coefficient (Wildman–Crippen LogP) is 0.807. The maximum absolute atomic E-state index is 11.3. The zero-order chi connectivity index (χ0) is 11.5. The van der Waals surface area contributed by atoms with Gasteiger partial charge in [-0.05, 0) is 18.2 Å². The summed E-state index contributed by atoms with van der Waals surface area (Å²) in [6.45, 7) is 0. The van der Waals surface area contributed by atoms with Gasteiger partial charge in [0, 0.05) is 20.6 Å². The molecule has 0 aliphatic rings. The summed E-state index contributed by atoms with van der Waals surface area (Å²) in [7, 11) is -2.32. The number of carbonyl (C=O) groups excluding carboxylic acids is 2. The van der Waals surface area contributed by atoms with E-state index in [9.17, 15) is 18.0 Å². The molecule has 15 heavy (non-hydrogen) atoms. The van der Waals surface area contributed by atoms with Gasteiger partial charge in [-0.15, -0.1) is 0 Å². The van der Waals surface area contributed by atoms with Crippen LogP contribution in [0.25, 0.3) is 0 Å². The van der Waals surface area contributed by atoms with Gasteiger partial charge in [-0.1, -0.05) is 0 Å². The molecule has 1 aromatic carbocycles. The van der Waals surface area contributed by atoms with E-state index in [4.69, 9.17) is 0 Å². The number of benzene rings is 1. The molecule has 7 heteroatoms. The van der Waals surface area contributed by atoms with E-state index in [1.807, 2.05) is 0 Å². The quantitative estimate of drug-likeness (QED) is 0.580. The summed E-state index contributed by atoms with van der Waals surface area (Å²) in [5.41, 5.74) is 0.195. The molecule has 0 bridgehead atoms. The van der Waals surface area contributed by atoms with Crippen molar-refractivity contribution >= 4 is 32.2 Å². The maximum atomic E-state index is 11.3. The fourth-order valence-electron chi connectivity index (χ4n) is 0.982. The Balaban J connectivity index is 3.43. The summed E-state index contributed by atoms with van der Waals surface area (Å²) in [4.78, 5) is 20.7. The van der Waals surface area contributed by atoms with Crippen molar-refractivity contribution in [2.75, 3.05) is 0 Å². The molecule has 0 saturated carbocycles. The average molecular weight is 246 g/mol. The number of rotatable bonds is 4. The van der Waals surface area contributed by atoms with Crippen LogP contribution in [0.2, 0.25) is 0 Å². The lowest BCUT2D eigenvalue weighted by atomic mass is 10.1. The van der Waals surface area contributed by atoms with Crippen molar-refractivity contribution in [1.29, 1.82) is 0 Å². The molecule has 0 saturated heterocycles. The van der Waals surface area contributed by atoms with Crippen molar-refractivity contribution in [2.24, 2.45) is 0 Å². The Bertz CT molecular complexity index is 468. The van der Waals surface area contributed by atoms with Gasteiger partial charge in [0.2, 0.25) is 0 Å². The molecular formula is C8H7O5PS. The van der Waals surface area contributed by atoms with Gasteiger partial charge in [-0.2, -0.15) is 8.42 Å². The molecular weight excluding hydrogens is 239 g/mol. The smallest absolute Gasteiger partial charge is 0.298 e. The van der Waals surface area contributed by atoms with E-state index < -0.39 is 10.1 Å². The van der Waals surface area contributed by atoms with Crippen LogP contribution in [-0.2, 0) is 14.1 Å². The fraction of sp³-hybridized carbons (Fsp3) is 0. The third-order valence-electron chi connectivity index (χ3n) is 1.64. The van der Waals surface area contributed by atoms with E-state index in [1.165, 1.54) is 6.07 Å². The summed E-state index contributed by atoms with van der Waals surface area (Å²) in [6.07, 6.45) is 0.906. The molecule has 0 N–H and O–H groups in total. The SMILES string of the molecule is O=Cc1cc(C=O)cc(S(=O)(=O)OP)c1. The van der Waals surface area contributed by atoms with Gasteiger partial charge in [0.1, 0.15) is 12.6 Å². The topological polar surface area (TPSA) is 77.5 Å². The molecule has 1 atom stereocenters. The summed E-state index contributed by atoms with van der Waals surface area (Å²) in [6, 6.07) is 3.53. The highest BCUT2D eigenvalue weighted by atomic mass is 32.2. The Hall–Kier alpha value is -1.10. The van der Waals surface area contributed by atoms with Crippen LogP contribution in [0.4, 0.5) is 0 Å². The average Bonchev–Trinajstić information content (AvgIpc) is 2.28. The van der Waals surface area contributed by atoms with Gasteiger partial charge >= 0.3 is 0 Å². The summed E-state index contributed by atoms with van der Waals surface area (Å²) >= 11 is 0. The van der Waals surface area contributed by atoms with E-state index in [0.29, 0.717) is 12.6 Å². The van der Waals surface area contributed by atoms with Crippen LogP contribution < -0.4 is 0 Å². The number of hydrogen-bond acceptors (Lipinski definition) is 5. The molecule has 1 rings (SSSR count). The first kappa shape index (κ1) is 12.0. The lowest BCUT2D eigenvalue weighted by Crippen LogP contribution is -2.01. The minimum absolute atomic E-state index is 0.0974. The molecule has 0 aliphatic carbocycles. The van der Waals surface area contributed by atoms with Crippen molar-refractivity contribution in [2.45, 2.75) is 4.90 Å². The number of hydrogen-bond donors (Lipinski definition) is 0. The van der Waals surface area contributed by atoms with Crippen molar-refractivity contribution < 1.29 is 22.0 Å². The van der Waals surface area contributed by atoms with Crippen LogP contribution >= 0.6 is 9.47 Å². The van der Waals surface area contributed by atoms with Gasteiger partial charge in [0.15, 0.2) is 0 Å². The van der Waals surface area contributed by atoms with Crippen LogP contribution in [0.1, 0.15) is 20.7 Å². The first-order valence-corrected chi connectivity index (χ1v) is 5.60. The van der Waals surface area contributed by atoms with Crippen molar-refractivity contribution in [3.8, 4) is 0 Å². The monoisotopic (exact) mass is 246 g/mol. The molecule has 1 aromatic rings. The van der Waals surface area contributed by atoms with Crippen LogP contribution in [0.3, 0.4) is 0 Å². The Morgan fingerprint density at radius 1 is 1.07 bits per heavy atom. The van der Waals surface area contributed by atoms with Crippen LogP contribution in [0, 0.1) is 0 Å².